The first-order valence-corrected chi connectivity index (χ1v) is 4.72. The predicted octanol–water partition coefficient (Wildman–Crippen LogP) is 0.551. The molecule has 3 N–H and O–H groups in total. The number of carbonyl (C=O) groups excluding carboxylic acids is 1. The monoisotopic (exact) mass is 204 g/mol. The van der Waals surface area contributed by atoms with Gasteiger partial charge in [0.05, 0.1) is 13.0 Å². The lowest BCUT2D eigenvalue weighted by molar-refractivity contribution is -0.143. The summed E-state index contributed by atoms with van der Waals surface area (Å²) in [5.41, 5.74) is 5.29. The van der Waals surface area contributed by atoms with Crippen LogP contribution in [0.4, 0.5) is 0 Å². The number of hydrogen-bond donors (Lipinski definition) is 2. The van der Waals surface area contributed by atoms with Crippen LogP contribution < -0.4 is 11.1 Å². The van der Waals surface area contributed by atoms with E-state index in [0.717, 1.165) is 6.42 Å². The van der Waals surface area contributed by atoms with Crippen LogP contribution in [0.2, 0.25) is 0 Å². The molecule has 0 radical (unpaired) electrons. The number of hydrogen-bond acceptors (Lipinski definition) is 3. The Labute approximate surface area is 83.8 Å². The van der Waals surface area contributed by atoms with Gasteiger partial charge in [0.1, 0.15) is 0 Å². The minimum Gasteiger partial charge on any atom is -0.466 e. The highest BCUT2D eigenvalue weighted by Crippen LogP contribution is 1.99. The number of thiocarbonyl (C=S) groups is 1. The van der Waals surface area contributed by atoms with Crippen LogP contribution in [-0.2, 0) is 9.53 Å². The zero-order valence-corrected chi connectivity index (χ0v) is 8.82. The largest absolute Gasteiger partial charge is 0.466 e. The molecule has 13 heavy (non-hydrogen) atoms. The maximum atomic E-state index is 11.0. The summed E-state index contributed by atoms with van der Waals surface area (Å²) in [5.74, 6) is -0.224. The first-order valence-electron chi connectivity index (χ1n) is 4.31. The van der Waals surface area contributed by atoms with E-state index in [1.807, 2.05) is 6.92 Å². The summed E-state index contributed by atoms with van der Waals surface area (Å²) in [6, 6.07) is -0.0171. The lowest BCUT2D eigenvalue weighted by Crippen LogP contribution is -2.39. The molecular weight excluding hydrogens is 188 g/mol. The van der Waals surface area contributed by atoms with Crippen molar-refractivity contribution in [1.29, 1.82) is 0 Å². The molecule has 0 aliphatic heterocycles. The molecule has 0 saturated carbocycles. The average molecular weight is 204 g/mol. The van der Waals surface area contributed by atoms with Gasteiger partial charge in [-0.2, -0.15) is 0 Å². The van der Waals surface area contributed by atoms with Gasteiger partial charge in [-0.05, 0) is 25.6 Å². The molecule has 0 aromatic heterocycles. The fourth-order valence-electron chi connectivity index (χ4n) is 0.920. The van der Waals surface area contributed by atoms with E-state index in [1.54, 1.807) is 6.92 Å². The maximum Gasteiger partial charge on any atom is 0.307 e. The lowest BCUT2D eigenvalue weighted by atomic mass is 10.1. The molecule has 0 aromatic rings. The van der Waals surface area contributed by atoms with Gasteiger partial charge in [-0.1, -0.05) is 6.92 Å². The van der Waals surface area contributed by atoms with Gasteiger partial charge in [-0.15, -0.1) is 0 Å². The van der Waals surface area contributed by atoms with E-state index in [2.05, 4.69) is 17.5 Å². The van der Waals surface area contributed by atoms with Crippen molar-refractivity contribution in [2.45, 2.75) is 32.7 Å². The van der Waals surface area contributed by atoms with E-state index in [0.29, 0.717) is 13.0 Å². The third-order valence-corrected chi connectivity index (χ3v) is 1.68. The molecule has 0 fully saturated rings. The number of nitrogens with two attached hydrogens (primary N) is 1. The van der Waals surface area contributed by atoms with Crippen LogP contribution in [0.3, 0.4) is 0 Å². The zero-order chi connectivity index (χ0) is 10.3. The summed E-state index contributed by atoms with van der Waals surface area (Å²) in [7, 11) is 0. The second-order valence-electron chi connectivity index (χ2n) is 2.62. The average Bonchev–Trinajstić information content (AvgIpc) is 2.02. The quantitative estimate of drug-likeness (QED) is 0.506. The van der Waals surface area contributed by atoms with Gasteiger partial charge in [0, 0.05) is 6.04 Å². The van der Waals surface area contributed by atoms with Gasteiger partial charge >= 0.3 is 5.97 Å². The van der Waals surface area contributed by atoms with E-state index in [4.69, 9.17) is 10.5 Å². The summed E-state index contributed by atoms with van der Waals surface area (Å²) in [4.78, 5) is 11.0. The molecule has 0 heterocycles. The van der Waals surface area contributed by atoms with E-state index < -0.39 is 0 Å². The Balaban J connectivity index is 3.83. The third-order valence-electron chi connectivity index (χ3n) is 1.56. The van der Waals surface area contributed by atoms with Crippen LogP contribution in [0, 0.1) is 0 Å². The maximum absolute atomic E-state index is 11.0. The van der Waals surface area contributed by atoms with Crippen molar-refractivity contribution in [2.75, 3.05) is 6.61 Å². The van der Waals surface area contributed by atoms with Crippen LogP contribution in [0.5, 0.6) is 0 Å². The van der Waals surface area contributed by atoms with E-state index in [-0.39, 0.29) is 17.1 Å². The van der Waals surface area contributed by atoms with Crippen molar-refractivity contribution >= 4 is 23.3 Å². The molecule has 4 nitrogen and oxygen atoms in total. The van der Waals surface area contributed by atoms with Crippen molar-refractivity contribution in [1.82, 2.24) is 5.32 Å². The smallest absolute Gasteiger partial charge is 0.307 e. The molecule has 0 bridgehead atoms. The van der Waals surface area contributed by atoms with E-state index in [1.165, 1.54) is 0 Å². The Morgan fingerprint density at radius 3 is 2.62 bits per heavy atom. The fraction of sp³-hybridized carbons (Fsp3) is 0.750. The lowest BCUT2D eigenvalue weighted by Gasteiger charge is -2.15. The van der Waals surface area contributed by atoms with Crippen molar-refractivity contribution in [2.24, 2.45) is 5.73 Å². The number of ether oxygens (including phenoxy) is 1. The molecule has 1 atom stereocenters. The highest BCUT2D eigenvalue weighted by molar-refractivity contribution is 7.80. The highest BCUT2D eigenvalue weighted by atomic mass is 32.1. The van der Waals surface area contributed by atoms with Gasteiger partial charge in [-0.3, -0.25) is 4.79 Å². The summed E-state index contributed by atoms with van der Waals surface area (Å²) in [6.45, 7) is 4.14. The number of carbonyl (C=O) groups is 1. The summed E-state index contributed by atoms with van der Waals surface area (Å²) < 4.78 is 4.79. The van der Waals surface area contributed by atoms with Crippen molar-refractivity contribution in [3.8, 4) is 0 Å². The van der Waals surface area contributed by atoms with Gasteiger partial charge in [0.15, 0.2) is 5.11 Å². The predicted molar refractivity (Wildman–Crippen MR) is 55.3 cm³/mol. The highest BCUT2D eigenvalue weighted by Gasteiger charge is 2.12. The number of rotatable bonds is 5. The first-order chi connectivity index (χ1) is 6.10. The Bertz CT molecular complexity index is 185. The van der Waals surface area contributed by atoms with Gasteiger partial charge in [0.2, 0.25) is 0 Å². The molecule has 0 amide bonds. The van der Waals surface area contributed by atoms with Gasteiger partial charge in [-0.25, -0.2) is 0 Å². The second kappa shape index (κ2) is 6.65. The summed E-state index contributed by atoms with van der Waals surface area (Å²) >= 11 is 4.67. The molecular formula is C8H16N2O2S. The summed E-state index contributed by atoms with van der Waals surface area (Å²) in [6.07, 6.45) is 1.10. The number of nitrogens with one attached hydrogen (secondary N) is 1. The van der Waals surface area contributed by atoms with Crippen molar-refractivity contribution < 1.29 is 9.53 Å². The minimum absolute atomic E-state index is 0.0171. The normalized spacial score (nSPS) is 11.8. The first kappa shape index (κ1) is 12.2. The zero-order valence-electron chi connectivity index (χ0n) is 8.00. The van der Waals surface area contributed by atoms with E-state index >= 15 is 0 Å². The van der Waals surface area contributed by atoms with Gasteiger partial charge < -0.3 is 15.8 Å². The minimum atomic E-state index is -0.224. The Morgan fingerprint density at radius 1 is 1.62 bits per heavy atom. The van der Waals surface area contributed by atoms with Gasteiger partial charge in [0.25, 0.3) is 0 Å². The molecule has 0 rings (SSSR count). The fourth-order valence-corrected chi connectivity index (χ4v) is 1.09. The Hall–Kier alpha value is -0.840. The SMILES string of the molecule is CCOC(=O)CC(CC)NC(N)=S. The molecule has 0 aliphatic rings. The van der Waals surface area contributed by atoms with Crippen LogP contribution in [0.25, 0.3) is 0 Å². The third kappa shape index (κ3) is 6.33. The van der Waals surface area contributed by atoms with E-state index in [9.17, 15) is 4.79 Å². The number of esters is 1. The standard InChI is InChI=1S/C8H16N2O2S/c1-3-6(10-8(9)13)5-7(11)12-4-2/h6H,3-5H2,1-2H3,(H3,9,10,13). The van der Waals surface area contributed by atoms with Crippen LogP contribution in [0.1, 0.15) is 26.7 Å². The molecule has 0 saturated heterocycles. The molecule has 0 aromatic carbocycles. The van der Waals surface area contributed by atoms with Crippen LogP contribution in [-0.4, -0.2) is 23.7 Å². The van der Waals surface area contributed by atoms with Crippen molar-refractivity contribution in [3.05, 3.63) is 0 Å². The Kier molecular flexibility index (Phi) is 6.22. The molecule has 1 unspecified atom stereocenters. The second-order valence-corrected chi connectivity index (χ2v) is 3.06. The molecule has 76 valence electrons. The van der Waals surface area contributed by atoms with Crippen molar-refractivity contribution in [3.63, 3.8) is 0 Å². The topological polar surface area (TPSA) is 64.3 Å². The summed E-state index contributed by atoms with van der Waals surface area (Å²) in [5, 5.41) is 3.05. The van der Waals surface area contributed by atoms with Crippen LogP contribution in [0.15, 0.2) is 0 Å². The van der Waals surface area contributed by atoms with Crippen LogP contribution >= 0.6 is 12.2 Å². The molecule has 0 aliphatic carbocycles. The molecule has 5 heteroatoms. The molecule has 0 spiro atoms. The Morgan fingerprint density at radius 2 is 2.23 bits per heavy atom.